The summed E-state index contributed by atoms with van der Waals surface area (Å²) < 4.78 is 32.2. The van der Waals surface area contributed by atoms with E-state index in [1.807, 2.05) is 52.8 Å². The summed E-state index contributed by atoms with van der Waals surface area (Å²) in [5, 5.41) is 2.88. The molecule has 0 bridgehead atoms. The normalized spacial score (nSPS) is 12.6. The van der Waals surface area contributed by atoms with Crippen molar-refractivity contribution < 1.29 is 17.9 Å². The van der Waals surface area contributed by atoms with Crippen molar-refractivity contribution in [2.75, 3.05) is 19.7 Å². The Hall–Kier alpha value is -2.38. The number of carbonyl (C=O) groups excluding carboxylic acids is 1. The summed E-state index contributed by atoms with van der Waals surface area (Å²) in [7, 11) is -3.49. The van der Waals surface area contributed by atoms with Gasteiger partial charge in [-0.05, 0) is 49.6 Å². The molecule has 29 heavy (non-hydrogen) atoms. The molecule has 0 spiro atoms. The van der Waals surface area contributed by atoms with Gasteiger partial charge >= 0.3 is 0 Å². The third-order valence-electron chi connectivity index (χ3n) is 4.86. The van der Waals surface area contributed by atoms with E-state index < -0.39 is 10.0 Å². The average molecular weight is 419 g/mol. The van der Waals surface area contributed by atoms with Gasteiger partial charge in [0.25, 0.3) is 5.91 Å². The van der Waals surface area contributed by atoms with Gasteiger partial charge in [0.15, 0.2) is 6.61 Å². The third-order valence-corrected chi connectivity index (χ3v) is 6.92. The maximum absolute atomic E-state index is 12.6. The second-order valence-corrected chi connectivity index (χ2v) is 8.90. The minimum atomic E-state index is -3.49. The average Bonchev–Trinajstić information content (AvgIpc) is 2.68. The lowest BCUT2D eigenvalue weighted by atomic mass is 10.1. The van der Waals surface area contributed by atoms with Gasteiger partial charge in [0.2, 0.25) is 10.0 Å². The van der Waals surface area contributed by atoms with Crippen LogP contribution in [-0.2, 0) is 14.8 Å². The summed E-state index contributed by atoms with van der Waals surface area (Å²) in [4.78, 5) is 12.5. The Morgan fingerprint density at radius 2 is 1.59 bits per heavy atom. The predicted molar refractivity (Wildman–Crippen MR) is 115 cm³/mol. The SMILES string of the molecule is CCN(CC)S(=O)(=O)c1ccc([C@@H](C)NC(=O)COc2c(C)cccc2C)cc1. The Labute approximate surface area is 173 Å². The first-order chi connectivity index (χ1) is 13.7. The topological polar surface area (TPSA) is 75.7 Å². The molecule has 0 heterocycles. The molecule has 2 aromatic rings. The highest BCUT2D eigenvalue weighted by molar-refractivity contribution is 7.89. The molecule has 2 aromatic carbocycles. The highest BCUT2D eigenvalue weighted by Gasteiger charge is 2.21. The van der Waals surface area contributed by atoms with E-state index in [0.29, 0.717) is 13.1 Å². The number of hydrogen-bond acceptors (Lipinski definition) is 4. The highest BCUT2D eigenvalue weighted by Crippen LogP contribution is 2.22. The molecule has 6 nitrogen and oxygen atoms in total. The minimum Gasteiger partial charge on any atom is -0.483 e. The van der Waals surface area contributed by atoms with Crippen LogP contribution in [-0.4, -0.2) is 38.3 Å². The number of rotatable bonds is 9. The molecule has 1 atom stereocenters. The van der Waals surface area contributed by atoms with Gasteiger partial charge in [-0.15, -0.1) is 0 Å². The fraction of sp³-hybridized carbons (Fsp3) is 0.409. The minimum absolute atomic E-state index is 0.0789. The fourth-order valence-electron chi connectivity index (χ4n) is 3.17. The van der Waals surface area contributed by atoms with Gasteiger partial charge in [-0.2, -0.15) is 4.31 Å². The van der Waals surface area contributed by atoms with Crippen molar-refractivity contribution in [3.8, 4) is 5.75 Å². The number of nitrogens with one attached hydrogen (secondary N) is 1. The molecule has 2 rings (SSSR count). The first kappa shape index (κ1) is 22.9. The monoisotopic (exact) mass is 418 g/mol. The van der Waals surface area contributed by atoms with Crippen LogP contribution in [0.5, 0.6) is 5.75 Å². The standard InChI is InChI=1S/C22H30N2O4S/c1-6-24(7-2)29(26,27)20-13-11-19(12-14-20)18(5)23-21(25)15-28-22-16(3)9-8-10-17(22)4/h8-14,18H,6-7,15H2,1-5H3,(H,23,25)/t18-/m1/s1. The van der Waals surface area contributed by atoms with E-state index in [2.05, 4.69) is 5.32 Å². The van der Waals surface area contributed by atoms with Gasteiger partial charge in [-0.1, -0.05) is 44.2 Å². The second-order valence-electron chi connectivity index (χ2n) is 6.96. The maximum Gasteiger partial charge on any atom is 0.258 e. The molecule has 1 amide bonds. The molecular formula is C22H30N2O4S. The quantitative estimate of drug-likeness (QED) is 0.675. The molecule has 0 saturated heterocycles. The van der Waals surface area contributed by atoms with Crippen LogP contribution >= 0.6 is 0 Å². The zero-order valence-corrected chi connectivity index (χ0v) is 18.5. The van der Waals surface area contributed by atoms with E-state index in [1.165, 1.54) is 4.31 Å². The molecule has 0 aromatic heterocycles. The molecule has 158 valence electrons. The molecule has 0 saturated carbocycles. The number of benzene rings is 2. The summed E-state index contributed by atoms with van der Waals surface area (Å²) in [6, 6.07) is 12.2. The first-order valence-corrected chi connectivity index (χ1v) is 11.2. The molecule has 0 aliphatic rings. The number of sulfonamides is 1. The van der Waals surface area contributed by atoms with Gasteiger partial charge in [0.1, 0.15) is 5.75 Å². The molecule has 1 N–H and O–H groups in total. The Balaban J connectivity index is 2.00. The smallest absolute Gasteiger partial charge is 0.258 e. The van der Waals surface area contributed by atoms with Crippen molar-refractivity contribution in [3.63, 3.8) is 0 Å². The van der Waals surface area contributed by atoms with Gasteiger partial charge in [0, 0.05) is 13.1 Å². The van der Waals surface area contributed by atoms with Crippen LogP contribution in [0.1, 0.15) is 43.5 Å². The van der Waals surface area contributed by atoms with E-state index in [4.69, 9.17) is 4.74 Å². The lowest BCUT2D eigenvalue weighted by molar-refractivity contribution is -0.123. The molecule has 0 aliphatic heterocycles. The summed E-state index contributed by atoms with van der Waals surface area (Å²) in [6.07, 6.45) is 0. The first-order valence-electron chi connectivity index (χ1n) is 9.79. The van der Waals surface area contributed by atoms with Crippen LogP contribution in [0.25, 0.3) is 0 Å². The summed E-state index contributed by atoms with van der Waals surface area (Å²) in [6.45, 7) is 10.1. The Morgan fingerprint density at radius 1 is 1.03 bits per heavy atom. The highest BCUT2D eigenvalue weighted by atomic mass is 32.2. The number of para-hydroxylation sites is 1. The van der Waals surface area contributed by atoms with E-state index in [9.17, 15) is 13.2 Å². The van der Waals surface area contributed by atoms with Crippen LogP contribution in [0.4, 0.5) is 0 Å². The van der Waals surface area contributed by atoms with Crippen LogP contribution in [0.15, 0.2) is 47.4 Å². The van der Waals surface area contributed by atoms with Crippen molar-refractivity contribution in [2.24, 2.45) is 0 Å². The van der Waals surface area contributed by atoms with E-state index in [0.717, 1.165) is 22.4 Å². The van der Waals surface area contributed by atoms with Gasteiger partial charge in [-0.25, -0.2) is 8.42 Å². The van der Waals surface area contributed by atoms with Gasteiger partial charge < -0.3 is 10.1 Å². The third kappa shape index (κ3) is 5.58. The van der Waals surface area contributed by atoms with Gasteiger partial charge in [0.05, 0.1) is 10.9 Å². The Kier molecular flexibility index (Phi) is 7.81. The van der Waals surface area contributed by atoms with Crippen molar-refractivity contribution in [2.45, 2.75) is 45.6 Å². The Bertz CT molecular complexity index is 916. The van der Waals surface area contributed by atoms with Crippen LogP contribution in [0.3, 0.4) is 0 Å². The van der Waals surface area contributed by atoms with Crippen LogP contribution in [0, 0.1) is 13.8 Å². The number of amides is 1. The summed E-state index contributed by atoms with van der Waals surface area (Å²) in [5.41, 5.74) is 2.79. The van der Waals surface area contributed by atoms with E-state index in [-0.39, 0.29) is 23.5 Å². The fourth-order valence-corrected chi connectivity index (χ4v) is 4.63. The second kappa shape index (κ2) is 9.89. The largest absolute Gasteiger partial charge is 0.483 e. The van der Waals surface area contributed by atoms with Crippen molar-refractivity contribution in [3.05, 3.63) is 59.2 Å². The molecule has 0 unspecified atom stereocenters. The molecule has 0 aliphatic carbocycles. The predicted octanol–water partition coefficient (Wildman–Crippen LogP) is 3.59. The lowest BCUT2D eigenvalue weighted by Crippen LogP contribution is -2.32. The van der Waals surface area contributed by atoms with E-state index >= 15 is 0 Å². The van der Waals surface area contributed by atoms with E-state index in [1.54, 1.807) is 24.3 Å². The summed E-state index contributed by atoms with van der Waals surface area (Å²) in [5.74, 6) is 0.487. The van der Waals surface area contributed by atoms with Crippen molar-refractivity contribution in [1.29, 1.82) is 0 Å². The Morgan fingerprint density at radius 3 is 2.10 bits per heavy atom. The number of ether oxygens (including phenoxy) is 1. The molecule has 0 fully saturated rings. The number of hydrogen-bond donors (Lipinski definition) is 1. The zero-order valence-electron chi connectivity index (χ0n) is 17.7. The number of nitrogens with zero attached hydrogens (tertiary/aromatic N) is 1. The number of aryl methyl sites for hydroxylation is 2. The van der Waals surface area contributed by atoms with Crippen LogP contribution < -0.4 is 10.1 Å². The maximum atomic E-state index is 12.6. The van der Waals surface area contributed by atoms with Gasteiger partial charge in [-0.3, -0.25) is 4.79 Å². The van der Waals surface area contributed by atoms with Crippen molar-refractivity contribution in [1.82, 2.24) is 9.62 Å². The molecule has 7 heteroatoms. The lowest BCUT2D eigenvalue weighted by Gasteiger charge is -2.19. The zero-order chi connectivity index (χ0) is 21.6. The summed E-state index contributed by atoms with van der Waals surface area (Å²) >= 11 is 0. The molecule has 0 radical (unpaired) electrons. The van der Waals surface area contributed by atoms with Crippen LogP contribution in [0.2, 0.25) is 0 Å². The number of carbonyl (C=O) groups is 1. The van der Waals surface area contributed by atoms with Crippen molar-refractivity contribution >= 4 is 15.9 Å². The molecular weight excluding hydrogens is 388 g/mol.